The van der Waals surface area contributed by atoms with Crippen molar-refractivity contribution in [2.75, 3.05) is 13.1 Å². The first-order valence-corrected chi connectivity index (χ1v) is 7.08. The molecule has 0 saturated heterocycles. The van der Waals surface area contributed by atoms with Gasteiger partial charge in [0.25, 0.3) is 5.91 Å². The van der Waals surface area contributed by atoms with E-state index in [0.29, 0.717) is 24.2 Å². The number of nitrogens with zero attached hydrogens (tertiary/aromatic N) is 2. The van der Waals surface area contributed by atoms with Crippen molar-refractivity contribution in [1.82, 2.24) is 9.88 Å². The highest BCUT2D eigenvalue weighted by molar-refractivity contribution is 6.01. The maximum Gasteiger partial charge on any atom is 0.254 e. The first-order valence-electron chi connectivity index (χ1n) is 7.08. The van der Waals surface area contributed by atoms with Crippen LogP contribution in [0.1, 0.15) is 29.8 Å². The van der Waals surface area contributed by atoms with E-state index < -0.39 is 0 Å². The molecule has 0 radical (unpaired) electrons. The average Bonchev–Trinajstić information content (AvgIpc) is 2.48. The summed E-state index contributed by atoms with van der Waals surface area (Å²) in [6.07, 6.45) is 3.35. The zero-order chi connectivity index (χ0) is 15.4. The molecule has 1 heterocycles. The number of benzene rings is 1. The van der Waals surface area contributed by atoms with Gasteiger partial charge in [-0.3, -0.25) is 9.78 Å². The maximum absolute atomic E-state index is 13.6. The molecule has 2 rings (SSSR count). The number of aryl methyl sites for hydroxylation is 1. The fourth-order valence-electron chi connectivity index (χ4n) is 2.35. The molecule has 1 aromatic carbocycles. The average molecular weight is 286 g/mol. The molecule has 0 aliphatic carbocycles. The Bertz CT molecular complexity index is 651. The molecule has 0 saturated carbocycles. The molecule has 0 spiro atoms. The van der Waals surface area contributed by atoms with Gasteiger partial charge in [0.1, 0.15) is 5.82 Å². The van der Waals surface area contributed by atoms with Crippen molar-refractivity contribution >= 4 is 5.91 Å². The van der Waals surface area contributed by atoms with Gasteiger partial charge >= 0.3 is 0 Å². The van der Waals surface area contributed by atoms with Crippen LogP contribution in [0, 0.1) is 12.7 Å². The summed E-state index contributed by atoms with van der Waals surface area (Å²) in [5.41, 5.74) is 2.85. The lowest BCUT2D eigenvalue weighted by molar-refractivity contribution is 0.0773. The van der Waals surface area contributed by atoms with Gasteiger partial charge in [-0.2, -0.15) is 0 Å². The van der Waals surface area contributed by atoms with Crippen LogP contribution in [0.15, 0.2) is 36.7 Å². The van der Waals surface area contributed by atoms with Crippen molar-refractivity contribution in [3.05, 3.63) is 53.6 Å². The first kappa shape index (κ1) is 15.2. The summed E-state index contributed by atoms with van der Waals surface area (Å²) in [6.45, 7) is 7.03. The fraction of sp³-hybridized carbons (Fsp3) is 0.294. The van der Waals surface area contributed by atoms with Crippen molar-refractivity contribution < 1.29 is 9.18 Å². The van der Waals surface area contributed by atoms with Crippen LogP contribution in [0.5, 0.6) is 0 Å². The molecule has 0 N–H and O–H groups in total. The molecule has 1 amide bonds. The Balaban J connectivity index is 2.58. The van der Waals surface area contributed by atoms with E-state index in [-0.39, 0.29) is 11.7 Å². The minimum absolute atomic E-state index is 0.0850. The number of hydrogen-bond acceptors (Lipinski definition) is 2. The lowest BCUT2D eigenvalue weighted by Gasteiger charge is -2.21. The molecule has 0 aliphatic rings. The van der Waals surface area contributed by atoms with Crippen LogP contribution in [0.25, 0.3) is 11.1 Å². The topological polar surface area (TPSA) is 33.2 Å². The summed E-state index contributed by atoms with van der Waals surface area (Å²) >= 11 is 0. The van der Waals surface area contributed by atoms with Crippen molar-refractivity contribution in [1.29, 1.82) is 0 Å². The van der Waals surface area contributed by atoms with Crippen LogP contribution in [0.4, 0.5) is 4.39 Å². The molecule has 2 aromatic rings. The fourth-order valence-corrected chi connectivity index (χ4v) is 2.35. The molecule has 110 valence electrons. The molecule has 0 fully saturated rings. The monoisotopic (exact) mass is 286 g/mol. The van der Waals surface area contributed by atoms with Crippen molar-refractivity contribution in [3.63, 3.8) is 0 Å². The molecule has 0 atom stereocenters. The summed E-state index contributed by atoms with van der Waals surface area (Å²) in [6, 6.07) is 6.14. The Morgan fingerprint density at radius 1 is 1.19 bits per heavy atom. The molecule has 4 heteroatoms. The largest absolute Gasteiger partial charge is 0.339 e. The number of halogens is 1. The maximum atomic E-state index is 13.6. The third kappa shape index (κ3) is 3.10. The van der Waals surface area contributed by atoms with E-state index in [1.54, 1.807) is 23.4 Å². The van der Waals surface area contributed by atoms with Gasteiger partial charge in [-0.25, -0.2) is 4.39 Å². The lowest BCUT2D eigenvalue weighted by Crippen LogP contribution is -2.30. The van der Waals surface area contributed by atoms with Gasteiger partial charge in [0.05, 0.1) is 0 Å². The van der Waals surface area contributed by atoms with E-state index in [2.05, 4.69) is 4.98 Å². The van der Waals surface area contributed by atoms with E-state index in [4.69, 9.17) is 0 Å². The van der Waals surface area contributed by atoms with Gasteiger partial charge in [0, 0.05) is 36.6 Å². The van der Waals surface area contributed by atoms with Gasteiger partial charge in [-0.15, -0.1) is 0 Å². The number of pyridine rings is 1. The van der Waals surface area contributed by atoms with E-state index in [0.717, 1.165) is 11.1 Å². The Hall–Kier alpha value is -2.23. The minimum Gasteiger partial charge on any atom is -0.339 e. The van der Waals surface area contributed by atoms with E-state index in [1.165, 1.54) is 12.1 Å². The van der Waals surface area contributed by atoms with Crippen LogP contribution in [0.3, 0.4) is 0 Å². The van der Waals surface area contributed by atoms with Crippen LogP contribution >= 0.6 is 0 Å². The summed E-state index contributed by atoms with van der Waals surface area (Å²) < 4.78 is 13.6. The van der Waals surface area contributed by atoms with E-state index in [9.17, 15) is 9.18 Å². The number of rotatable bonds is 4. The van der Waals surface area contributed by atoms with Gasteiger partial charge in [-0.1, -0.05) is 0 Å². The summed E-state index contributed by atoms with van der Waals surface area (Å²) in [4.78, 5) is 18.4. The summed E-state index contributed by atoms with van der Waals surface area (Å²) in [5.74, 6) is -0.442. The molecule has 1 aromatic heterocycles. The highest BCUT2D eigenvalue weighted by Crippen LogP contribution is 2.28. The molecular weight excluding hydrogens is 267 g/mol. The third-order valence-corrected chi connectivity index (χ3v) is 3.59. The van der Waals surface area contributed by atoms with Crippen LogP contribution < -0.4 is 0 Å². The van der Waals surface area contributed by atoms with Gasteiger partial charge in [0.2, 0.25) is 0 Å². The molecule has 3 nitrogen and oxygen atoms in total. The Labute approximate surface area is 124 Å². The van der Waals surface area contributed by atoms with Gasteiger partial charge < -0.3 is 4.90 Å². The Morgan fingerprint density at radius 3 is 2.52 bits per heavy atom. The molecule has 0 aliphatic heterocycles. The van der Waals surface area contributed by atoms with Crippen LogP contribution in [-0.4, -0.2) is 28.9 Å². The van der Waals surface area contributed by atoms with Gasteiger partial charge in [0.15, 0.2) is 0 Å². The van der Waals surface area contributed by atoms with Crippen LogP contribution in [-0.2, 0) is 0 Å². The number of carbonyl (C=O) groups excluding carboxylic acids is 1. The summed E-state index contributed by atoms with van der Waals surface area (Å²) in [5, 5.41) is 0. The second-order valence-corrected chi connectivity index (χ2v) is 4.86. The molecule has 21 heavy (non-hydrogen) atoms. The number of amides is 1. The predicted octanol–water partition coefficient (Wildman–Crippen LogP) is 3.68. The zero-order valence-electron chi connectivity index (χ0n) is 12.6. The number of carbonyl (C=O) groups is 1. The van der Waals surface area contributed by atoms with Crippen LogP contribution in [0.2, 0.25) is 0 Å². The standard InChI is InChI=1S/C17H19FN2O/c1-4-20(5-2)17(21)14-7-6-13(18)10-15(14)16-11-19-9-8-12(16)3/h6-11H,4-5H2,1-3H3. The van der Waals surface area contributed by atoms with Crippen molar-refractivity contribution in [3.8, 4) is 11.1 Å². The smallest absolute Gasteiger partial charge is 0.254 e. The van der Waals surface area contributed by atoms with E-state index in [1.807, 2.05) is 26.8 Å². The molecular formula is C17H19FN2O. The molecule has 0 unspecified atom stereocenters. The second kappa shape index (κ2) is 6.48. The van der Waals surface area contributed by atoms with Crippen molar-refractivity contribution in [2.24, 2.45) is 0 Å². The Kier molecular flexibility index (Phi) is 4.68. The zero-order valence-corrected chi connectivity index (χ0v) is 12.6. The minimum atomic E-state index is -0.357. The third-order valence-electron chi connectivity index (χ3n) is 3.59. The number of hydrogen-bond donors (Lipinski definition) is 0. The highest BCUT2D eigenvalue weighted by atomic mass is 19.1. The molecule has 0 bridgehead atoms. The van der Waals surface area contributed by atoms with E-state index >= 15 is 0 Å². The SMILES string of the molecule is CCN(CC)C(=O)c1ccc(F)cc1-c1cnccc1C. The van der Waals surface area contributed by atoms with Crippen molar-refractivity contribution in [2.45, 2.75) is 20.8 Å². The Morgan fingerprint density at radius 2 is 1.90 bits per heavy atom. The highest BCUT2D eigenvalue weighted by Gasteiger charge is 2.19. The second-order valence-electron chi connectivity index (χ2n) is 4.86. The first-order chi connectivity index (χ1) is 10.1. The number of aromatic nitrogens is 1. The lowest BCUT2D eigenvalue weighted by atomic mass is 9.96. The van der Waals surface area contributed by atoms with Gasteiger partial charge in [-0.05, 0) is 56.2 Å². The quantitative estimate of drug-likeness (QED) is 0.859. The normalized spacial score (nSPS) is 10.5. The predicted molar refractivity (Wildman–Crippen MR) is 81.6 cm³/mol. The summed E-state index contributed by atoms with van der Waals surface area (Å²) in [7, 11) is 0.